The average molecular weight is 337 g/mol. The first-order chi connectivity index (χ1) is 10.9. The third-order valence-corrected chi connectivity index (χ3v) is 6.19. The van der Waals surface area contributed by atoms with E-state index in [1.807, 2.05) is 18.1 Å². The van der Waals surface area contributed by atoms with Gasteiger partial charge in [0.05, 0.1) is 6.07 Å². The number of rotatable bonds is 5. The molecule has 5 nitrogen and oxygen atoms in total. The van der Waals surface area contributed by atoms with E-state index in [0.717, 1.165) is 25.0 Å². The summed E-state index contributed by atoms with van der Waals surface area (Å²) in [7, 11) is 1.77. The molecule has 1 aliphatic carbocycles. The minimum Gasteiger partial charge on any atom is -0.342 e. The fraction of sp³-hybridized carbons (Fsp3) is 0.824. The number of carbonyl (C=O) groups excluding carboxylic acids is 2. The first kappa shape index (κ1) is 18.1. The van der Waals surface area contributed by atoms with Crippen molar-refractivity contribution >= 4 is 23.6 Å². The van der Waals surface area contributed by atoms with E-state index >= 15 is 0 Å². The molecule has 2 aliphatic rings. The Labute approximate surface area is 143 Å². The highest BCUT2D eigenvalue weighted by molar-refractivity contribution is 7.98. The van der Waals surface area contributed by atoms with Gasteiger partial charge in [0.25, 0.3) is 0 Å². The van der Waals surface area contributed by atoms with Crippen molar-refractivity contribution in [3.63, 3.8) is 0 Å². The molecular weight excluding hydrogens is 310 g/mol. The summed E-state index contributed by atoms with van der Waals surface area (Å²) >= 11 is 1.69. The van der Waals surface area contributed by atoms with Gasteiger partial charge in [-0.3, -0.25) is 9.59 Å². The zero-order valence-electron chi connectivity index (χ0n) is 14.4. The molecule has 0 radical (unpaired) electrons. The van der Waals surface area contributed by atoms with Crippen LogP contribution >= 0.6 is 11.8 Å². The van der Waals surface area contributed by atoms with Crippen LogP contribution in [0, 0.1) is 23.2 Å². The number of hydrogen-bond donors (Lipinski definition) is 0. The molecular formula is C17H27N3O2S. The van der Waals surface area contributed by atoms with E-state index in [9.17, 15) is 14.9 Å². The normalized spacial score (nSPS) is 21.9. The predicted octanol–water partition coefficient (Wildman–Crippen LogP) is 2.13. The molecule has 1 saturated carbocycles. The van der Waals surface area contributed by atoms with Gasteiger partial charge in [-0.2, -0.15) is 17.0 Å². The zero-order valence-corrected chi connectivity index (χ0v) is 15.2. The number of nitrogens with zero attached hydrogens (tertiary/aromatic N) is 3. The molecule has 1 atom stereocenters. The molecule has 0 aromatic rings. The van der Waals surface area contributed by atoms with Crippen LogP contribution < -0.4 is 0 Å². The van der Waals surface area contributed by atoms with Crippen LogP contribution in [0.3, 0.4) is 0 Å². The molecule has 1 aliphatic heterocycles. The van der Waals surface area contributed by atoms with Gasteiger partial charge in [-0.15, -0.1) is 0 Å². The van der Waals surface area contributed by atoms with Gasteiger partial charge in [-0.1, -0.05) is 6.92 Å². The van der Waals surface area contributed by atoms with Crippen molar-refractivity contribution in [3.8, 4) is 6.07 Å². The maximum Gasteiger partial charge on any atom is 0.226 e. The monoisotopic (exact) mass is 337 g/mol. The fourth-order valence-electron chi connectivity index (χ4n) is 3.50. The van der Waals surface area contributed by atoms with Crippen molar-refractivity contribution in [1.29, 1.82) is 5.26 Å². The van der Waals surface area contributed by atoms with E-state index in [-0.39, 0.29) is 23.7 Å². The second kappa shape index (κ2) is 7.57. The smallest absolute Gasteiger partial charge is 0.226 e. The van der Waals surface area contributed by atoms with Gasteiger partial charge in [-0.05, 0) is 38.4 Å². The SMILES string of the molecule is CSC[C@H](C)C(=O)N1CCC(C(=O)N(C)C2(C#N)CCC2)CC1. The van der Waals surface area contributed by atoms with Crippen LogP contribution in [-0.2, 0) is 9.59 Å². The summed E-state index contributed by atoms with van der Waals surface area (Å²) < 4.78 is 0. The van der Waals surface area contributed by atoms with Crippen LogP contribution in [0.5, 0.6) is 0 Å². The van der Waals surface area contributed by atoms with Crippen molar-refractivity contribution < 1.29 is 9.59 Å². The number of nitriles is 1. The standard InChI is InChI=1S/C17H27N3O2S/c1-13(11-23-3)15(21)20-9-5-14(6-10-20)16(22)19(2)17(12-18)7-4-8-17/h13-14H,4-11H2,1-3H3/t13-/m0/s1. The largest absolute Gasteiger partial charge is 0.342 e. The number of likely N-dealkylation sites (tertiary alicyclic amines) is 1. The molecule has 2 rings (SSSR count). The third-order valence-electron chi connectivity index (χ3n) is 5.36. The number of thioether (sulfide) groups is 1. The molecule has 2 amide bonds. The fourth-order valence-corrected chi connectivity index (χ4v) is 4.14. The maximum absolute atomic E-state index is 12.7. The first-order valence-corrected chi connectivity index (χ1v) is 9.81. The minimum atomic E-state index is -0.573. The molecule has 0 bridgehead atoms. The third kappa shape index (κ3) is 3.65. The van der Waals surface area contributed by atoms with Crippen LogP contribution in [0.1, 0.15) is 39.0 Å². The second-order valence-corrected chi connectivity index (χ2v) is 7.76. The Hall–Kier alpha value is -1.22. The Morgan fingerprint density at radius 1 is 1.39 bits per heavy atom. The number of piperidine rings is 1. The van der Waals surface area contributed by atoms with E-state index in [1.54, 1.807) is 23.7 Å². The Morgan fingerprint density at radius 3 is 2.43 bits per heavy atom. The summed E-state index contributed by atoms with van der Waals surface area (Å²) in [4.78, 5) is 28.6. The lowest BCUT2D eigenvalue weighted by molar-refractivity contribution is -0.145. The summed E-state index contributed by atoms with van der Waals surface area (Å²) in [6.45, 7) is 3.28. The van der Waals surface area contributed by atoms with Crippen LogP contribution in [0.4, 0.5) is 0 Å². The first-order valence-electron chi connectivity index (χ1n) is 8.42. The number of carbonyl (C=O) groups is 2. The van der Waals surface area contributed by atoms with E-state index < -0.39 is 5.54 Å². The molecule has 1 saturated heterocycles. The number of amides is 2. The Kier molecular flexibility index (Phi) is 5.96. The molecule has 23 heavy (non-hydrogen) atoms. The van der Waals surface area contributed by atoms with E-state index in [2.05, 4.69) is 6.07 Å². The Morgan fingerprint density at radius 2 is 2.00 bits per heavy atom. The van der Waals surface area contributed by atoms with E-state index in [0.29, 0.717) is 25.9 Å². The van der Waals surface area contributed by atoms with Crippen molar-refractivity contribution in [2.24, 2.45) is 11.8 Å². The summed E-state index contributed by atoms with van der Waals surface area (Å²) in [6, 6.07) is 2.33. The molecule has 0 aromatic carbocycles. The minimum absolute atomic E-state index is 0.0387. The summed E-state index contributed by atoms with van der Waals surface area (Å²) in [5.41, 5.74) is -0.573. The van der Waals surface area contributed by atoms with Crippen LogP contribution in [0.15, 0.2) is 0 Å². The summed E-state index contributed by atoms with van der Waals surface area (Å²) in [5.74, 6) is 1.11. The molecule has 2 fully saturated rings. The molecule has 128 valence electrons. The molecule has 0 spiro atoms. The molecule has 1 heterocycles. The van der Waals surface area contributed by atoms with Crippen molar-refractivity contribution in [2.75, 3.05) is 32.1 Å². The van der Waals surface area contributed by atoms with Gasteiger partial charge in [0.15, 0.2) is 0 Å². The summed E-state index contributed by atoms with van der Waals surface area (Å²) in [5, 5.41) is 9.38. The lowest BCUT2D eigenvalue weighted by atomic mass is 9.76. The number of hydrogen-bond acceptors (Lipinski definition) is 4. The van der Waals surface area contributed by atoms with Gasteiger partial charge < -0.3 is 9.80 Å². The van der Waals surface area contributed by atoms with Gasteiger partial charge in [-0.25, -0.2) is 0 Å². The molecule has 0 aromatic heterocycles. The topological polar surface area (TPSA) is 64.4 Å². The highest BCUT2D eigenvalue weighted by Gasteiger charge is 2.45. The average Bonchev–Trinajstić information content (AvgIpc) is 2.53. The zero-order chi connectivity index (χ0) is 17.0. The van der Waals surface area contributed by atoms with E-state index in [1.165, 1.54) is 0 Å². The molecule has 6 heteroatoms. The quantitative estimate of drug-likeness (QED) is 0.771. The lowest BCUT2D eigenvalue weighted by Gasteiger charge is -2.45. The molecule has 0 N–H and O–H groups in total. The maximum atomic E-state index is 12.7. The highest BCUT2D eigenvalue weighted by Crippen LogP contribution is 2.37. The van der Waals surface area contributed by atoms with Crippen LogP contribution in [0.25, 0.3) is 0 Å². The highest BCUT2D eigenvalue weighted by atomic mass is 32.2. The lowest BCUT2D eigenvalue weighted by Crippen LogP contribution is -2.56. The molecule has 0 unspecified atom stereocenters. The van der Waals surface area contributed by atoms with Gasteiger partial charge in [0.2, 0.25) is 11.8 Å². The van der Waals surface area contributed by atoms with Gasteiger partial charge >= 0.3 is 0 Å². The van der Waals surface area contributed by atoms with Gasteiger partial charge in [0.1, 0.15) is 5.54 Å². The van der Waals surface area contributed by atoms with E-state index in [4.69, 9.17) is 0 Å². The van der Waals surface area contributed by atoms with Crippen molar-refractivity contribution in [3.05, 3.63) is 0 Å². The van der Waals surface area contributed by atoms with Crippen LogP contribution in [-0.4, -0.2) is 59.3 Å². The van der Waals surface area contributed by atoms with Crippen molar-refractivity contribution in [2.45, 2.75) is 44.6 Å². The van der Waals surface area contributed by atoms with Crippen LogP contribution in [0.2, 0.25) is 0 Å². The Balaban J connectivity index is 1.88. The van der Waals surface area contributed by atoms with Gasteiger partial charge in [0, 0.05) is 37.7 Å². The summed E-state index contributed by atoms with van der Waals surface area (Å²) in [6.07, 6.45) is 6.02. The Bertz CT molecular complexity index is 491. The second-order valence-electron chi connectivity index (χ2n) is 6.85. The predicted molar refractivity (Wildman–Crippen MR) is 91.8 cm³/mol. The van der Waals surface area contributed by atoms with Crippen molar-refractivity contribution in [1.82, 2.24) is 9.80 Å².